The van der Waals surface area contributed by atoms with Gasteiger partial charge in [-0.1, -0.05) is 13.8 Å². The molecule has 0 aromatic heterocycles. The van der Waals surface area contributed by atoms with E-state index in [4.69, 9.17) is 0 Å². The lowest BCUT2D eigenvalue weighted by Gasteiger charge is -2.32. The van der Waals surface area contributed by atoms with Crippen LogP contribution in [0.3, 0.4) is 0 Å². The maximum atomic E-state index is 3.56. The third-order valence-electron chi connectivity index (χ3n) is 3.85. The summed E-state index contributed by atoms with van der Waals surface area (Å²) in [5, 5.41) is 3.56. The van der Waals surface area contributed by atoms with Crippen LogP contribution < -0.4 is 5.32 Å². The Morgan fingerprint density at radius 3 is 2.43 bits per heavy atom. The summed E-state index contributed by atoms with van der Waals surface area (Å²) in [5.74, 6) is 2.05. The van der Waals surface area contributed by atoms with Crippen molar-refractivity contribution in [2.75, 3.05) is 26.2 Å². The van der Waals surface area contributed by atoms with Gasteiger partial charge >= 0.3 is 0 Å². The molecule has 0 bridgehead atoms. The molecule has 1 aliphatic carbocycles. The normalized spacial score (nSPS) is 34.7. The highest BCUT2D eigenvalue weighted by atomic mass is 15.1. The van der Waals surface area contributed by atoms with Gasteiger partial charge in [-0.15, -0.1) is 0 Å². The highest BCUT2D eigenvalue weighted by Crippen LogP contribution is 2.38. The molecule has 2 unspecified atom stereocenters. The van der Waals surface area contributed by atoms with Crippen LogP contribution in [0.5, 0.6) is 0 Å². The van der Waals surface area contributed by atoms with Crippen LogP contribution in [0.2, 0.25) is 0 Å². The van der Waals surface area contributed by atoms with Crippen LogP contribution >= 0.6 is 0 Å². The average Bonchev–Trinajstić information content (AvgIpc) is 2.86. The highest BCUT2D eigenvalue weighted by molar-refractivity contribution is 4.87. The lowest BCUT2D eigenvalue weighted by atomic mass is 10.0. The quantitative estimate of drug-likeness (QED) is 0.736. The average molecular weight is 196 g/mol. The molecule has 1 saturated heterocycles. The van der Waals surface area contributed by atoms with Crippen molar-refractivity contribution in [3.8, 4) is 0 Å². The summed E-state index contributed by atoms with van der Waals surface area (Å²) in [4.78, 5) is 2.67. The molecule has 1 saturated carbocycles. The summed E-state index contributed by atoms with van der Waals surface area (Å²) >= 11 is 0. The Kier molecular flexibility index (Phi) is 3.45. The zero-order valence-corrected chi connectivity index (χ0v) is 9.63. The summed E-state index contributed by atoms with van der Waals surface area (Å²) in [6.45, 7) is 9.74. The predicted molar refractivity (Wildman–Crippen MR) is 60.4 cm³/mol. The van der Waals surface area contributed by atoms with Gasteiger partial charge in [-0.2, -0.15) is 0 Å². The van der Waals surface area contributed by atoms with E-state index >= 15 is 0 Å². The molecule has 0 spiro atoms. The van der Waals surface area contributed by atoms with E-state index in [-0.39, 0.29) is 0 Å². The third kappa shape index (κ3) is 2.71. The van der Waals surface area contributed by atoms with Crippen molar-refractivity contribution in [2.45, 2.75) is 39.2 Å². The molecule has 2 rings (SSSR count). The van der Waals surface area contributed by atoms with Gasteiger partial charge in [0.1, 0.15) is 0 Å². The van der Waals surface area contributed by atoms with E-state index in [0.29, 0.717) is 0 Å². The summed E-state index contributed by atoms with van der Waals surface area (Å²) in [6, 6.07) is 0.799. The van der Waals surface area contributed by atoms with E-state index in [0.717, 1.165) is 24.4 Å². The topological polar surface area (TPSA) is 15.3 Å². The van der Waals surface area contributed by atoms with Crippen LogP contribution in [0.15, 0.2) is 0 Å². The van der Waals surface area contributed by atoms with Gasteiger partial charge < -0.3 is 10.2 Å². The fraction of sp³-hybridized carbons (Fsp3) is 1.00. The van der Waals surface area contributed by atoms with E-state index in [1.165, 1.54) is 38.9 Å². The van der Waals surface area contributed by atoms with Gasteiger partial charge in [0.15, 0.2) is 0 Å². The first-order valence-corrected chi connectivity index (χ1v) is 6.25. The molecule has 2 heteroatoms. The summed E-state index contributed by atoms with van der Waals surface area (Å²) in [7, 11) is 0. The van der Waals surface area contributed by atoms with Crippen LogP contribution in [-0.2, 0) is 0 Å². The highest BCUT2D eigenvalue weighted by Gasteiger charge is 2.34. The number of likely N-dealkylation sites (tertiary alicyclic amines) is 1. The Hall–Kier alpha value is -0.0800. The minimum atomic E-state index is 0.799. The van der Waals surface area contributed by atoms with Crippen molar-refractivity contribution in [3.05, 3.63) is 0 Å². The van der Waals surface area contributed by atoms with E-state index in [1.54, 1.807) is 0 Å². The van der Waals surface area contributed by atoms with Gasteiger partial charge in [0.25, 0.3) is 0 Å². The predicted octanol–water partition coefficient (Wildman–Crippen LogP) is 1.72. The van der Waals surface area contributed by atoms with Crippen LogP contribution in [0, 0.1) is 11.8 Å². The maximum Gasteiger partial charge on any atom is 0.00912 e. The molecule has 0 radical (unpaired) electrons. The van der Waals surface area contributed by atoms with Crippen LogP contribution in [0.1, 0.15) is 33.1 Å². The second-order valence-corrected chi connectivity index (χ2v) is 5.11. The fourth-order valence-corrected chi connectivity index (χ4v) is 2.59. The van der Waals surface area contributed by atoms with Gasteiger partial charge in [-0.25, -0.2) is 0 Å². The van der Waals surface area contributed by atoms with Crippen molar-refractivity contribution >= 4 is 0 Å². The van der Waals surface area contributed by atoms with E-state index in [1.807, 2.05) is 0 Å². The second kappa shape index (κ2) is 4.63. The van der Waals surface area contributed by atoms with E-state index in [2.05, 4.69) is 24.1 Å². The lowest BCUT2D eigenvalue weighted by Crippen LogP contribution is -2.43. The summed E-state index contributed by atoms with van der Waals surface area (Å²) in [5.41, 5.74) is 0. The summed E-state index contributed by atoms with van der Waals surface area (Å²) in [6.07, 6.45) is 4.19. The van der Waals surface area contributed by atoms with Gasteiger partial charge in [0, 0.05) is 12.6 Å². The SMILES string of the molecule is CCNC1CCN(CC2CC2C)CC1. The number of nitrogens with one attached hydrogen (secondary N) is 1. The lowest BCUT2D eigenvalue weighted by molar-refractivity contribution is 0.190. The van der Waals surface area contributed by atoms with Crippen LogP contribution in [-0.4, -0.2) is 37.1 Å². The Labute approximate surface area is 88.1 Å². The standard InChI is InChI=1S/C12H24N2/c1-3-13-12-4-6-14(7-5-12)9-11-8-10(11)2/h10-13H,3-9H2,1-2H3. The molecule has 2 nitrogen and oxygen atoms in total. The Balaban J connectivity index is 1.63. The van der Waals surface area contributed by atoms with E-state index in [9.17, 15) is 0 Å². The molecule has 2 atom stereocenters. The van der Waals surface area contributed by atoms with E-state index < -0.39 is 0 Å². The first-order valence-electron chi connectivity index (χ1n) is 6.25. The first-order chi connectivity index (χ1) is 6.79. The second-order valence-electron chi connectivity index (χ2n) is 5.11. The Morgan fingerprint density at radius 1 is 1.29 bits per heavy atom. The molecule has 0 aromatic rings. The molecule has 2 fully saturated rings. The molecule has 2 aliphatic rings. The van der Waals surface area contributed by atoms with Gasteiger partial charge in [0.2, 0.25) is 0 Å². The summed E-state index contributed by atoms with van der Waals surface area (Å²) < 4.78 is 0. The van der Waals surface area contributed by atoms with Gasteiger partial charge in [-0.3, -0.25) is 0 Å². The molecule has 0 amide bonds. The zero-order chi connectivity index (χ0) is 9.97. The smallest absolute Gasteiger partial charge is 0.00912 e. The number of rotatable bonds is 4. The van der Waals surface area contributed by atoms with Gasteiger partial charge in [-0.05, 0) is 50.7 Å². The number of nitrogens with zero attached hydrogens (tertiary/aromatic N) is 1. The molecule has 82 valence electrons. The molecule has 1 aliphatic heterocycles. The first kappa shape index (κ1) is 10.4. The Bertz CT molecular complexity index is 173. The molecule has 1 N–H and O–H groups in total. The largest absolute Gasteiger partial charge is 0.314 e. The number of piperidine rings is 1. The third-order valence-corrected chi connectivity index (χ3v) is 3.85. The van der Waals surface area contributed by atoms with Crippen molar-refractivity contribution in [3.63, 3.8) is 0 Å². The molecule has 14 heavy (non-hydrogen) atoms. The minimum absolute atomic E-state index is 0.799. The zero-order valence-electron chi connectivity index (χ0n) is 9.63. The minimum Gasteiger partial charge on any atom is -0.314 e. The molecular weight excluding hydrogens is 172 g/mol. The van der Waals surface area contributed by atoms with Crippen molar-refractivity contribution < 1.29 is 0 Å². The molecular formula is C12H24N2. The monoisotopic (exact) mass is 196 g/mol. The van der Waals surface area contributed by atoms with Gasteiger partial charge in [0.05, 0.1) is 0 Å². The van der Waals surface area contributed by atoms with Crippen LogP contribution in [0.4, 0.5) is 0 Å². The van der Waals surface area contributed by atoms with Crippen molar-refractivity contribution in [1.82, 2.24) is 10.2 Å². The molecule has 0 aromatic carbocycles. The van der Waals surface area contributed by atoms with Crippen molar-refractivity contribution in [2.24, 2.45) is 11.8 Å². The van der Waals surface area contributed by atoms with Crippen molar-refractivity contribution in [1.29, 1.82) is 0 Å². The maximum absolute atomic E-state index is 3.56. The Morgan fingerprint density at radius 2 is 1.93 bits per heavy atom. The number of hydrogen-bond donors (Lipinski definition) is 1. The fourth-order valence-electron chi connectivity index (χ4n) is 2.59. The van der Waals surface area contributed by atoms with Crippen LogP contribution in [0.25, 0.3) is 0 Å². The number of hydrogen-bond acceptors (Lipinski definition) is 2. The molecule has 1 heterocycles.